The van der Waals surface area contributed by atoms with Crippen molar-refractivity contribution in [1.29, 1.82) is 0 Å². The molecule has 0 aliphatic carbocycles. The number of hydrogen-bond donors (Lipinski definition) is 3. The zero-order valence-corrected chi connectivity index (χ0v) is 8.27. The van der Waals surface area contributed by atoms with Crippen LogP contribution < -0.4 is 0 Å². The first kappa shape index (κ1) is 15.5. The highest BCUT2D eigenvalue weighted by atomic mass is 16.5. The number of ether oxygens (including phenoxy) is 1. The van der Waals surface area contributed by atoms with Crippen LogP contribution in [0.15, 0.2) is 0 Å². The second kappa shape index (κ2) is 10.1. The number of ketones is 1. The summed E-state index contributed by atoms with van der Waals surface area (Å²) >= 11 is 0. The largest absolute Gasteiger partial charge is 0.457 e. The number of aliphatic hydroxyl groups excluding tert-OH is 3. The Morgan fingerprint density at radius 1 is 1.36 bits per heavy atom. The molecule has 0 aromatic carbocycles. The molecular weight excluding hydrogens is 192 g/mol. The van der Waals surface area contributed by atoms with Crippen molar-refractivity contribution < 1.29 is 29.6 Å². The molecule has 1 unspecified atom stereocenters. The van der Waals surface area contributed by atoms with Gasteiger partial charge < -0.3 is 20.1 Å². The van der Waals surface area contributed by atoms with E-state index < -0.39 is 24.5 Å². The van der Waals surface area contributed by atoms with E-state index in [1.807, 2.05) is 0 Å². The molecule has 0 radical (unpaired) electrons. The molecule has 14 heavy (non-hydrogen) atoms. The van der Waals surface area contributed by atoms with Gasteiger partial charge in [0, 0.05) is 13.5 Å². The second-order valence-electron chi connectivity index (χ2n) is 2.31. The maximum atomic E-state index is 10.4. The summed E-state index contributed by atoms with van der Waals surface area (Å²) in [6.07, 6.45) is -1.11. The molecule has 0 bridgehead atoms. The van der Waals surface area contributed by atoms with E-state index in [-0.39, 0.29) is 13.2 Å². The summed E-state index contributed by atoms with van der Waals surface area (Å²) in [6, 6.07) is 0. The summed E-state index contributed by atoms with van der Waals surface area (Å²) in [5.41, 5.74) is 0. The molecule has 0 saturated heterocycles. The Morgan fingerprint density at radius 2 is 1.79 bits per heavy atom. The van der Waals surface area contributed by atoms with E-state index in [0.717, 1.165) is 6.92 Å². The maximum absolute atomic E-state index is 10.4. The topological polar surface area (TPSA) is 104 Å². The third kappa shape index (κ3) is 11.0. The molecule has 0 rings (SSSR count). The molecule has 6 nitrogen and oxygen atoms in total. The first-order chi connectivity index (χ1) is 6.49. The first-order valence-electron chi connectivity index (χ1n) is 4.07. The Balaban J connectivity index is 0. The summed E-state index contributed by atoms with van der Waals surface area (Å²) in [5.74, 6) is -1.73. The fourth-order valence-corrected chi connectivity index (χ4v) is 0.326. The highest BCUT2D eigenvalue weighted by Gasteiger charge is 2.11. The second-order valence-corrected chi connectivity index (χ2v) is 2.31. The van der Waals surface area contributed by atoms with Crippen molar-refractivity contribution in [1.82, 2.24) is 0 Å². The van der Waals surface area contributed by atoms with Gasteiger partial charge in [0.2, 0.25) is 5.78 Å². The number of carbonyl (C=O) groups excluding carboxylic acids is 2. The van der Waals surface area contributed by atoms with Crippen LogP contribution in [-0.4, -0.2) is 53.0 Å². The molecular formula is C8H16O6. The van der Waals surface area contributed by atoms with Crippen molar-refractivity contribution >= 4 is 11.8 Å². The SMILES string of the molecule is CC(=O)C(=O)OCC(O)CO.CCO. The summed E-state index contributed by atoms with van der Waals surface area (Å²) < 4.78 is 4.26. The molecule has 0 saturated carbocycles. The number of aliphatic hydroxyl groups is 3. The minimum Gasteiger partial charge on any atom is -0.457 e. The highest BCUT2D eigenvalue weighted by Crippen LogP contribution is 1.85. The van der Waals surface area contributed by atoms with Crippen molar-refractivity contribution in [3.63, 3.8) is 0 Å². The standard InChI is InChI=1S/C6H10O5.C2H6O/c1-4(8)6(10)11-3-5(9)2-7;1-2-3/h5,7,9H,2-3H2,1H3;3H,2H2,1H3. The molecule has 0 spiro atoms. The van der Waals surface area contributed by atoms with Crippen LogP contribution in [0.3, 0.4) is 0 Å². The number of carbonyl (C=O) groups is 2. The van der Waals surface area contributed by atoms with Gasteiger partial charge in [-0.3, -0.25) is 4.79 Å². The minimum atomic E-state index is -1.11. The molecule has 0 aliphatic heterocycles. The Bertz CT molecular complexity index is 167. The van der Waals surface area contributed by atoms with Crippen molar-refractivity contribution in [2.75, 3.05) is 19.8 Å². The van der Waals surface area contributed by atoms with Gasteiger partial charge in [-0.2, -0.15) is 0 Å². The smallest absolute Gasteiger partial charge is 0.374 e. The Hall–Kier alpha value is -0.980. The van der Waals surface area contributed by atoms with Gasteiger partial charge >= 0.3 is 5.97 Å². The monoisotopic (exact) mass is 208 g/mol. The van der Waals surface area contributed by atoms with Crippen molar-refractivity contribution in [3.05, 3.63) is 0 Å². The van der Waals surface area contributed by atoms with Gasteiger partial charge in [0.15, 0.2) is 0 Å². The van der Waals surface area contributed by atoms with E-state index >= 15 is 0 Å². The molecule has 84 valence electrons. The van der Waals surface area contributed by atoms with Crippen LogP contribution in [0.1, 0.15) is 13.8 Å². The summed E-state index contributed by atoms with van der Waals surface area (Å²) in [7, 11) is 0. The van der Waals surface area contributed by atoms with E-state index in [1.165, 1.54) is 0 Å². The zero-order chi connectivity index (χ0) is 11.6. The number of Topliss-reactive ketones (excluding diaryl/α,β-unsaturated/α-hetero) is 1. The predicted octanol–water partition coefficient (Wildman–Crippen LogP) is -1.53. The molecule has 0 aliphatic rings. The summed E-state index contributed by atoms with van der Waals surface area (Å²) in [4.78, 5) is 20.6. The lowest BCUT2D eigenvalue weighted by molar-refractivity contribution is -0.155. The van der Waals surface area contributed by atoms with Crippen molar-refractivity contribution in [2.45, 2.75) is 20.0 Å². The van der Waals surface area contributed by atoms with Gasteiger partial charge in [-0.15, -0.1) is 0 Å². The van der Waals surface area contributed by atoms with Crippen LogP contribution in [0.25, 0.3) is 0 Å². The lowest BCUT2D eigenvalue weighted by atomic mass is 10.4. The van der Waals surface area contributed by atoms with Gasteiger partial charge in [0.25, 0.3) is 0 Å². The number of rotatable bonds is 4. The fraction of sp³-hybridized carbons (Fsp3) is 0.750. The average Bonchev–Trinajstić information content (AvgIpc) is 2.14. The van der Waals surface area contributed by atoms with Gasteiger partial charge in [0.1, 0.15) is 12.7 Å². The van der Waals surface area contributed by atoms with Gasteiger partial charge in [0.05, 0.1) is 6.61 Å². The van der Waals surface area contributed by atoms with E-state index in [0.29, 0.717) is 0 Å². The first-order valence-corrected chi connectivity index (χ1v) is 4.07. The quantitative estimate of drug-likeness (QED) is 0.382. The average molecular weight is 208 g/mol. The highest BCUT2D eigenvalue weighted by molar-refractivity contribution is 6.32. The summed E-state index contributed by atoms with van der Waals surface area (Å²) in [6.45, 7) is 2.15. The van der Waals surface area contributed by atoms with Crippen molar-refractivity contribution in [3.8, 4) is 0 Å². The number of esters is 1. The Kier molecular flexibility index (Phi) is 11.2. The molecule has 6 heteroatoms. The predicted molar refractivity (Wildman–Crippen MR) is 47.5 cm³/mol. The van der Waals surface area contributed by atoms with E-state index in [9.17, 15) is 9.59 Å². The molecule has 0 heterocycles. The molecule has 0 aromatic heterocycles. The lowest BCUT2D eigenvalue weighted by Gasteiger charge is -2.05. The van der Waals surface area contributed by atoms with Gasteiger partial charge in [-0.1, -0.05) is 0 Å². The Labute approximate surface area is 82.1 Å². The molecule has 0 aromatic rings. The fourth-order valence-electron chi connectivity index (χ4n) is 0.326. The van der Waals surface area contributed by atoms with E-state index in [4.69, 9.17) is 15.3 Å². The van der Waals surface area contributed by atoms with Crippen molar-refractivity contribution in [2.24, 2.45) is 0 Å². The normalized spacial score (nSPS) is 10.9. The number of hydrogen-bond acceptors (Lipinski definition) is 6. The zero-order valence-electron chi connectivity index (χ0n) is 8.27. The molecule has 0 fully saturated rings. The lowest BCUT2D eigenvalue weighted by Crippen LogP contribution is -2.24. The van der Waals surface area contributed by atoms with Crippen LogP contribution in [-0.2, 0) is 14.3 Å². The maximum Gasteiger partial charge on any atom is 0.374 e. The van der Waals surface area contributed by atoms with Crippen LogP contribution >= 0.6 is 0 Å². The van der Waals surface area contributed by atoms with Crippen LogP contribution in [0, 0.1) is 0 Å². The van der Waals surface area contributed by atoms with Crippen LogP contribution in [0.5, 0.6) is 0 Å². The molecule has 0 amide bonds. The molecule has 3 N–H and O–H groups in total. The van der Waals surface area contributed by atoms with Gasteiger partial charge in [-0.05, 0) is 6.92 Å². The minimum absolute atomic E-state index is 0.250. The van der Waals surface area contributed by atoms with Crippen LogP contribution in [0.2, 0.25) is 0 Å². The Morgan fingerprint density at radius 3 is 2.07 bits per heavy atom. The van der Waals surface area contributed by atoms with E-state index in [2.05, 4.69) is 4.74 Å². The van der Waals surface area contributed by atoms with Gasteiger partial charge in [-0.25, -0.2) is 4.79 Å². The van der Waals surface area contributed by atoms with Crippen LogP contribution in [0.4, 0.5) is 0 Å². The molecule has 1 atom stereocenters. The summed E-state index contributed by atoms with van der Waals surface area (Å²) in [5, 5.41) is 24.5. The van der Waals surface area contributed by atoms with E-state index in [1.54, 1.807) is 6.92 Å². The third-order valence-electron chi connectivity index (χ3n) is 0.905. The third-order valence-corrected chi connectivity index (χ3v) is 0.905.